The van der Waals surface area contributed by atoms with Crippen LogP contribution in [0.4, 0.5) is 0 Å². The normalized spacial score (nSPS) is 15.3. The van der Waals surface area contributed by atoms with Gasteiger partial charge in [-0.1, -0.05) is 43.2 Å². The first-order chi connectivity index (χ1) is 12.7. The number of nitrogens with one attached hydrogen (secondary N) is 1. The lowest BCUT2D eigenvalue weighted by Crippen LogP contribution is -2.30. The van der Waals surface area contributed by atoms with Crippen molar-refractivity contribution in [2.24, 2.45) is 5.41 Å². The van der Waals surface area contributed by atoms with Crippen molar-refractivity contribution in [3.8, 4) is 6.07 Å². The zero-order valence-electron chi connectivity index (χ0n) is 15.1. The fourth-order valence-corrected chi connectivity index (χ4v) is 3.94. The van der Waals surface area contributed by atoms with Crippen LogP contribution in [-0.4, -0.2) is 10.9 Å². The lowest BCUT2D eigenvalue weighted by Gasteiger charge is -2.28. The molecule has 1 aromatic heterocycles. The maximum absolute atomic E-state index is 12.6. The molecule has 1 aliphatic carbocycles. The topological polar surface area (TPSA) is 65.8 Å². The van der Waals surface area contributed by atoms with E-state index in [9.17, 15) is 4.79 Å². The molecule has 0 bridgehead atoms. The average Bonchev–Trinajstić information content (AvgIpc) is 3.14. The zero-order valence-corrected chi connectivity index (χ0v) is 15.1. The summed E-state index contributed by atoms with van der Waals surface area (Å²) in [6.07, 6.45) is 9.02. The summed E-state index contributed by atoms with van der Waals surface area (Å²) in [5.74, 6) is 0.107. The number of aryl methyl sites for hydroxylation is 1. The molecule has 1 aromatic carbocycles. The van der Waals surface area contributed by atoms with E-state index in [1.807, 2.05) is 18.2 Å². The minimum atomic E-state index is 0.107. The van der Waals surface area contributed by atoms with Gasteiger partial charge in [0, 0.05) is 19.2 Å². The summed E-state index contributed by atoms with van der Waals surface area (Å²) in [7, 11) is 0. The number of carbonyl (C=O) groups excluding carboxylic acids is 1. The van der Waals surface area contributed by atoms with Crippen molar-refractivity contribution in [1.29, 1.82) is 5.26 Å². The predicted molar refractivity (Wildman–Crippen MR) is 101 cm³/mol. The summed E-state index contributed by atoms with van der Waals surface area (Å²) in [6.45, 7) is 0.449. The van der Waals surface area contributed by atoms with Gasteiger partial charge in [0.15, 0.2) is 0 Å². The number of hydrogen-bond donors (Lipinski definition) is 1. The Morgan fingerprint density at radius 3 is 2.65 bits per heavy atom. The second-order valence-corrected chi connectivity index (χ2v) is 7.31. The van der Waals surface area contributed by atoms with E-state index >= 15 is 0 Å². The Kier molecular flexibility index (Phi) is 6.01. The van der Waals surface area contributed by atoms with Gasteiger partial charge in [-0.25, -0.2) is 4.98 Å². The highest BCUT2D eigenvalue weighted by atomic mass is 16.1. The number of nitriles is 1. The quantitative estimate of drug-likeness (QED) is 0.818. The number of carbonyl (C=O) groups is 1. The molecule has 26 heavy (non-hydrogen) atoms. The molecule has 134 valence electrons. The monoisotopic (exact) mass is 347 g/mol. The molecule has 4 nitrogen and oxygen atoms in total. The predicted octanol–water partition coefficient (Wildman–Crippen LogP) is 4.15. The molecule has 0 saturated heterocycles. The Bertz CT molecular complexity index is 773. The number of rotatable bonds is 7. The SMILES string of the molecule is N#Cc1cc(CNC(=O)CC2(CCc3ccccc3)CCCC2)ccn1. The third kappa shape index (κ3) is 4.92. The van der Waals surface area contributed by atoms with Crippen LogP contribution >= 0.6 is 0 Å². The maximum atomic E-state index is 12.6. The highest BCUT2D eigenvalue weighted by Crippen LogP contribution is 2.44. The minimum Gasteiger partial charge on any atom is -0.352 e. The van der Waals surface area contributed by atoms with E-state index in [0.717, 1.165) is 31.2 Å². The van der Waals surface area contributed by atoms with Crippen molar-refractivity contribution in [2.75, 3.05) is 0 Å². The number of aromatic nitrogens is 1. The van der Waals surface area contributed by atoms with Gasteiger partial charge in [-0.15, -0.1) is 0 Å². The van der Waals surface area contributed by atoms with Gasteiger partial charge >= 0.3 is 0 Å². The summed E-state index contributed by atoms with van der Waals surface area (Å²) in [4.78, 5) is 16.5. The number of benzene rings is 1. The first kappa shape index (κ1) is 18.1. The van der Waals surface area contributed by atoms with Gasteiger partial charge in [0.05, 0.1) is 0 Å². The third-order valence-corrected chi connectivity index (χ3v) is 5.42. The van der Waals surface area contributed by atoms with E-state index < -0.39 is 0 Å². The second-order valence-electron chi connectivity index (χ2n) is 7.31. The molecule has 1 fully saturated rings. The smallest absolute Gasteiger partial charge is 0.220 e. The van der Waals surface area contributed by atoms with Crippen molar-refractivity contribution in [1.82, 2.24) is 10.3 Å². The molecule has 0 atom stereocenters. The molecule has 3 rings (SSSR count). The van der Waals surface area contributed by atoms with Crippen LogP contribution in [0.1, 0.15) is 55.3 Å². The molecule has 1 amide bonds. The lowest BCUT2D eigenvalue weighted by molar-refractivity contribution is -0.123. The van der Waals surface area contributed by atoms with Crippen LogP contribution in [0.2, 0.25) is 0 Å². The number of amides is 1. The first-order valence-corrected chi connectivity index (χ1v) is 9.35. The zero-order chi connectivity index (χ0) is 18.2. The van der Waals surface area contributed by atoms with E-state index in [1.54, 1.807) is 12.3 Å². The summed E-state index contributed by atoms with van der Waals surface area (Å²) in [6, 6.07) is 16.1. The molecule has 0 unspecified atom stereocenters. The molecule has 0 spiro atoms. The van der Waals surface area contributed by atoms with Crippen LogP contribution < -0.4 is 5.32 Å². The fraction of sp³-hybridized carbons (Fsp3) is 0.409. The molecular formula is C22H25N3O. The van der Waals surface area contributed by atoms with Gasteiger partial charge in [0.2, 0.25) is 5.91 Å². The Morgan fingerprint density at radius 1 is 1.15 bits per heavy atom. The van der Waals surface area contributed by atoms with E-state index in [0.29, 0.717) is 18.7 Å². The van der Waals surface area contributed by atoms with Crippen LogP contribution in [0.15, 0.2) is 48.7 Å². The van der Waals surface area contributed by atoms with Crippen molar-refractivity contribution < 1.29 is 4.79 Å². The number of nitrogens with zero attached hydrogens (tertiary/aromatic N) is 2. The first-order valence-electron chi connectivity index (χ1n) is 9.35. The summed E-state index contributed by atoms with van der Waals surface area (Å²) in [5, 5.41) is 11.9. The standard InChI is InChI=1S/C22H25N3O/c23-16-20-14-19(9-13-24-20)17-25-21(26)15-22(10-4-5-11-22)12-8-18-6-2-1-3-7-18/h1-3,6-7,9,13-14H,4-5,8,10-12,15,17H2,(H,25,26). The summed E-state index contributed by atoms with van der Waals surface area (Å²) in [5.41, 5.74) is 2.78. The highest BCUT2D eigenvalue weighted by Gasteiger charge is 2.35. The summed E-state index contributed by atoms with van der Waals surface area (Å²) >= 11 is 0. The molecule has 1 N–H and O–H groups in total. The number of hydrogen-bond acceptors (Lipinski definition) is 3. The van der Waals surface area contributed by atoms with Gasteiger partial charge in [-0.05, 0) is 54.4 Å². The van der Waals surface area contributed by atoms with Gasteiger partial charge in [-0.2, -0.15) is 5.26 Å². The molecule has 2 aromatic rings. The van der Waals surface area contributed by atoms with Gasteiger partial charge in [0.1, 0.15) is 11.8 Å². The van der Waals surface area contributed by atoms with Crippen molar-refractivity contribution in [3.63, 3.8) is 0 Å². The molecular weight excluding hydrogens is 322 g/mol. The van der Waals surface area contributed by atoms with Gasteiger partial charge in [-0.3, -0.25) is 4.79 Å². The van der Waals surface area contributed by atoms with Crippen LogP contribution in [0.5, 0.6) is 0 Å². The van der Waals surface area contributed by atoms with Crippen LogP contribution in [0, 0.1) is 16.7 Å². The third-order valence-electron chi connectivity index (χ3n) is 5.42. The molecule has 1 saturated carbocycles. The van der Waals surface area contributed by atoms with Gasteiger partial charge < -0.3 is 5.32 Å². The Balaban J connectivity index is 1.55. The van der Waals surface area contributed by atoms with Crippen molar-refractivity contribution >= 4 is 5.91 Å². The highest BCUT2D eigenvalue weighted by molar-refractivity contribution is 5.76. The second kappa shape index (κ2) is 8.62. The van der Waals surface area contributed by atoms with E-state index in [2.05, 4.69) is 34.6 Å². The Morgan fingerprint density at radius 2 is 1.92 bits per heavy atom. The van der Waals surface area contributed by atoms with Crippen LogP contribution in [0.3, 0.4) is 0 Å². The maximum Gasteiger partial charge on any atom is 0.220 e. The van der Waals surface area contributed by atoms with E-state index in [-0.39, 0.29) is 11.3 Å². The van der Waals surface area contributed by atoms with Crippen molar-refractivity contribution in [2.45, 2.75) is 51.5 Å². The van der Waals surface area contributed by atoms with Crippen LogP contribution in [0.25, 0.3) is 0 Å². The largest absolute Gasteiger partial charge is 0.352 e. The van der Waals surface area contributed by atoms with Crippen LogP contribution in [-0.2, 0) is 17.8 Å². The molecule has 0 aliphatic heterocycles. The molecule has 1 heterocycles. The number of pyridine rings is 1. The Hall–Kier alpha value is -2.67. The minimum absolute atomic E-state index is 0.107. The Labute approximate surface area is 155 Å². The molecule has 0 radical (unpaired) electrons. The average molecular weight is 347 g/mol. The summed E-state index contributed by atoms with van der Waals surface area (Å²) < 4.78 is 0. The van der Waals surface area contributed by atoms with Gasteiger partial charge in [0.25, 0.3) is 0 Å². The van der Waals surface area contributed by atoms with Crippen molar-refractivity contribution in [3.05, 3.63) is 65.5 Å². The van der Waals surface area contributed by atoms with E-state index in [4.69, 9.17) is 5.26 Å². The lowest BCUT2D eigenvalue weighted by atomic mass is 9.77. The molecule has 1 aliphatic rings. The molecule has 4 heteroatoms. The van der Waals surface area contributed by atoms with E-state index in [1.165, 1.54) is 18.4 Å². The fourth-order valence-electron chi connectivity index (χ4n) is 3.94.